The van der Waals surface area contributed by atoms with Crippen LogP contribution in [0.4, 0.5) is 11.5 Å². The molecule has 0 aliphatic carbocycles. The summed E-state index contributed by atoms with van der Waals surface area (Å²) in [4.78, 5) is 34.5. The third-order valence-electron chi connectivity index (χ3n) is 3.23. The minimum atomic E-state index is -1.06. The molecule has 27 heavy (non-hydrogen) atoms. The highest BCUT2D eigenvalue weighted by atomic mass is 16.6. The Kier molecular flexibility index (Phi) is 6.31. The van der Waals surface area contributed by atoms with Gasteiger partial charge in [-0.15, -0.1) is 0 Å². The number of esters is 1. The van der Waals surface area contributed by atoms with Gasteiger partial charge in [0.2, 0.25) is 0 Å². The number of nitro groups is 1. The number of nitrogens with zero attached hydrogens (tertiary/aromatic N) is 2. The van der Waals surface area contributed by atoms with Crippen molar-refractivity contribution >= 4 is 23.4 Å². The molecule has 2 rings (SSSR count). The molecule has 2 aromatic rings. The molecule has 1 heterocycles. The van der Waals surface area contributed by atoms with Gasteiger partial charge in [0.1, 0.15) is 11.3 Å². The van der Waals surface area contributed by atoms with Crippen LogP contribution in [0.2, 0.25) is 0 Å². The summed E-state index contributed by atoms with van der Waals surface area (Å²) in [7, 11) is 1.33. The number of carbonyl (C=O) groups excluding carboxylic acids is 2. The number of nitro benzene ring substituents is 1. The van der Waals surface area contributed by atoms with Gasteiger partial charge in [-0.05, 0) is 13.8 Å². The second-order valence-corrected chi connectivity index (χ2v) is 5.16. The van der Waals surface area contributed by atoms with Crippen molar-refractivity contribution in [3.63, 3.8) is 0 Å². The fourth-order valence-corrected chi connectivity index (χ4v) is 2.10. The zero-order valence-electron chi connectivity index (χ0n) is 14.8. The highest BCUT2D eigenvalue weighted by Gasteiger charge is 2.26. The van der Waals surface area contributed by atoms with Crippen LogP contribution < -0.4 is 14.8 Å². The normalized spacial score (nSPS) is 10.2. The molecular formula is C16H17N3O8. The highest BCUT2D eigenvalue weighted by molar-refractivity contribution is 5.97. The van der Waals surface area contributed by atoms with E-state index in [-0.39, 0.29) is 29.5 Å². The Bertz CT molecular complexity index is 861. The topological polar surface area (TPSA) is 143 Å². The molecule has 144 valence electrons. The molecular weight excluding hydrogens is 362 g/mol. The lowest BCUT2D eigenvalue weighted by atomic mass is 10.1. The zero-order valence-corrected chi connectivity index (χ0v) is 14.8. The van der Waals surface area contributed by atoms with Crippen molar-refractivity contribution in [3.8, 4) is 11.5 Å². The van der Waals surface area contributed by atoms with Crippen molar-refractivity contribution in [1.29, 1.82) is 0 Å². The van der Waals surface area contributed by atoms with E-state index in [1.165, 1.54) is 13.2 Å². The molecule has 1 aromatic heterocycles. The Morgan fingerprint density at radius 3 is 2.59 bits per heavy atom. The average molecular weight is 379 g/mol. The molecule has 1 N–H and O–H groups in total. The Morgan fingerprint density at radius 1 is 1.30 bits per heavy atom. The van der Waals surface area contributed by atoms with E-state index in [2.05, 4.69) is 10.5 Å². The Morgan fingerprint density at radius 2 is 2.04 bits per heavy atom. The van der Waals surface area contributed by atoms with Crippen molar-refractivity contribution in [2.75, 3.05) is 25.6 Å². The maximum atomic E-state index is 12.2. The maximum Gasteiger partial charge on any atom is 0.345 e. The van der Waals surface area contributed by atoms with Gasteiger partial charge in [0.05, 0.1) is 24.7 Å². The van der Waals surface area contributed by atoms with E-state index in [0.29, 0.717) is 5.76 Å². The maximum absolute atomic E-state index is 12.2. The largest absolute Gasteiger partial charge is 0.493 e. The van der Waals surface area contributed by atoms with Crippen molar-refractivity contribution in [2.24, 2.45) is 0 Å². The van der Waals surface area contributed by atoms with Crippen molar-refractivity contribution in [2.45, 2.75) is 13.8 Å². The third kappa shape index (κ3) is 4.93. The summed E-state index contributed by atoms with van der Waals surface area (Å²) in [5, 5.41) is 17.2. The second-order valence-electron chi connectivity index (χ2n) is 5.16. The lowest BCUT2D eigenvalue weighted by molar-refractivity contribution is -0.385. The summed E-state index contributed by atoms with van der Waals surface area (Å²) in [5.74, 6) is -0.868. The number of amides is 1. The van der Waals surface area contributed by atoms with E-state index in [1.54, 1.807) is 13.8 Å². The summed E-state index contributed by atoms with van der Waals surface area (Å²) >= 11 is 0. The van der Waals surface area contributed by atoms with Gasteiger partial charge in [0.25, 0.3) is 11.6 Å². The first-order valence-electron chi connectivity index (χ1n) is 7.75. The first kappa shape index (κ1) is 19.7. The van der Waals surface area contributed by atoms with Crippen molar-refractivity contribution in [3.05, 3.63) is 39.6 Å². The van der Waals surface area contributed by atoms with Gasteiger partial charge in [-0.1, -0.05) is 5.16 Å². The van der Waals surface area contributed by atoms with Crippen LogP contribution in [-0.2, 0) is 9.53 Å². The molecule has 0 spiro atoms. The van der Waals surface area contributed by atoms with Crippen molar-refractivity contribution in [1.82, 2.24) is 5.16 Å². The summed E-state index contributed by atoms with van der Waals surface area (Å²) in [6, 6.07) is 3.67. The summed E-state index contributed by atoms with van der Waals surface area (Å²) < 4.78 is 20.0. The van der Waals surface area contributed by atoms with E-state index in [4.69, 9.17) is 18.7 Å². The van der Waals surface area contributed by atoms with Crippen molar-refractivity contribution < 1.29 is 33.2 Å². The van der Waals surface area contributed by atoms with E-state index in [0.717, 1.165) is 12.1 Å². The molecule has 0 fully saturated rings. The van der Waals surface area contributed by atoms with Gasteiger partial charge in [0.15, 0.2) is 23.9 Å². The number of hydrogen-bond acceptors (Lipinski definition) is 9. The monoisotopic (exact) mass is 379 g/mol. The van der Waals surface area contributed by atoms with Crippen LogP contribution in [-0.4, -0.2) is 42.3 Å². The molecule has 0 unspecified atom stereocenters. The fraction of sp³-hybridized carbons (Fsp3) is 0.312. The van der Waals surface area contributed by atoms with Crippen LogP contribution in [0.5, 0.6) is 11.5 Å². The number of ether oxygens (including phenoxy) is 3. The lowest BCUT2D eigenvalue weighted by Gasteiger charge is -2.11. The molecule has 0 saturated heterocycles. The number of hydrogen-bond donors (Lipinski definition) is 1. The fourth-order valence-electron chi connectivity index (χ4n) is 2.10. The summed E-state index contributed by atoms with van der Waals surface area (Å²) in [6.45, 7) is 2.92. The third-order valence-corrected chi connectivity index (χ3v) is 3.23. The molecule has 1 aromatic carbocycles. The molecule has 0 atom stereocenters. The van der Waals surface area contributed by atoms with Crippen LogP contribution in [0.15, 0.2) is 22.7 Å². The van der Waals surface area contributed by atoms with Gasteiger partial charge in [-0.2, -0.15) is 0 Å². The molecule has 0 bridgehead atoms. The highest BCUT2D eigenvalue weighted by Crippen LogP contribution is 2.35. The first-order valence-corrected chi connectivity index (χ1v) is 7.75. The zero-order chi connectivity index (χ0) is 20.0. The molecule has 0 aliphatic rings. The van der Waals surface area contributed by atoms with Gasteiger partial charge < -0.3 is 24.1 Å². The number of aryl methyl sites for hydroxylation is 1. The molecule has 0 aliphatic heterocycles. The lowest BCUT2D eigenvalue weighted by Crippen LogP contribution is -2.21. The van der Waals surface area contributed by atoms with Crippen LogP contribution in [0, 0.1) is 17.0 Å². The van der Waals surface area contributed by atoms with Crippen LogP contribution >= 0.6 is 0 Å². The number of benzene rings is 1. The van der Waals surface area contributed by atoms with Crippen LogP contribution in [0.3, 0.4) is 0 Å². The number of aromatic nitrogens is 1. The smallest absolute Gasteiger partial charge is 0.345 e. The quantitative estimate of drug-likeness (QED) is 0.414. The number of carbonyl (C=O) groups is 2. The van der Waals surface area contributed by atoms with E-state index >= 15 is 0 Å². The van der Waals surface area contributed by atoms with Gasteiger partial charge in [-0.25, -0.2) is 4.79 Å². The molecule has 0 radical (unpaired) electrons. The predicted molar refractivity (Wildman–Crippen MR) is 91.0 cm³/mol. The first-order chi connectivity index (χ1) is 12.8. The standard InChI is InChI=1S/C16H17N3O8/c1-4-25-13-7-11(19(22)23)10(6-12(13)24-3)16(21)26-8-15(20)17-14-5-9(2)27-18-14/h5-7H,4,8H2,1-3H3,(H,17,18,20). The minimum Gasteiger partial charge on any atom is -0.493 e. The van der Waals surface area contributed by atoms with Gasteiger partial charge in [0, 0.05) is 12.1 Å². The summed E-state index contributed by atoms with van der Waals surface area (Å²) in [5.41, 5.74) is -0.901. The predicted octanol–water partition coefficient (Wildman–Crippen LogP) is 2.09. The Balaban J connectivity index is 2.14. The van der Waals surface area contributed by atoms with E-state index in [9.17, 15) is 19.7 Å². The average Bonchev–Trinajstić information content (AvgIpc) is 3.04. The second kappa shape index (κ2) is 8.65. The molecule has 1 amide bonds. The number of methoxy groups -OCH3 is 1. The molecule has 11 heteroatoms. The number of nitrogens with one attached hydrogen (secondary N) is 1. The molecule has 11 nitrogen and oxygen atoms in total. The van der Waals surface area contributed by atoms with Crippen LogP contribution in [0.25, 0.3) is 0 Å². The Hall–Kier alpha value is -3.63. The molecule has 0 saturated carbocycles. The summed E-state index contributed by atoms with van der Waals surface area (Å²) in [6.07, 6.45) is 0. The number of anilines is 1. The SMILES string of the molecule is CCOc1cc([N+](=O)[O-])c(C(=O)OCC(=O)Nc2cc(C)on2)cc1OC. The Labute approximate surface area is 153 Å². The number of rotatable bonds is 8. The van der Waals surface area contributed by atoms with Gasteiger partial charge in [-0.3, -0.25) is 14.9 Å². The van der Waals surface area contributed by atoms with Crippen LogP contribution in [0.1, 0.15) is 23.0 Å². The minimum absolute atomic E-state index is 0.113. The van der Waals surface area contributed by atoms with E-state index < -0.39 is 29.1 Å². The van der Waals surface area contributed by atoms with E-state index in [1.807, 2.05) is 0 Å². The van der Waals surface area contributed by atoms with Gasteiger partial charge >= 0.3 is 5.97 Å².